The van der Waals surface area contributed by atoms with E-state index in [1.807, 2.05) is 0 Å². The van der Waals surface area contributed by atoms with Crippen molar-refractivity contribution in [2.24, 2.45) is 57.0 Å². The summed E-state index contributed by atoms with van der Waals surface area (Å²) in [7, 11) is 0. The molecule has 2 heterocycles. The summed E-state index contributed by atoms with van der Waals surface area (Å²) in [6.07, 6.45) is 11.1. The lowest BCUT2D eigenvalue weighted by atomic mass is 9.33. The van der Waals surface area contributed by atoms with E-state index in [1.54, 1.807) is 0 Å². The molecule has 52 heavy (non-hydrogen) atoms. The Hall–Kier alpha value is -2.90. The number of rotatable bonds is 11. The molecule has 1 aromatic heterocycles. The van der Waals surface area contributed by atoms with Gasteiger partial charge in [0, 0.05) is 35.0 Å². The van der Waals surface area contributed by atoms with E-state index in [0.29, 0.717) is 13.2 Å². The lowest BCUT2D eigenvalue weighted by molar-refractivity contribution is -0.260. The predicted octanol–water partition coefficient (Wildman–Crippen LogP) is 8.56. The molecule has 11 atom stereocenters. The lowest BCUT2D eigenvalue weighted by Gasteiger charge is -2.71. The number of allylic oxidation sites excluding steroid dienone is 2. The maximum atomic E-state index is 14.5. The predicted molar refractivity (Wildman–Crippen MR) is 206 cm³/mol. The van der Waals surface area contributed by atoms with Crippen molar-refractivity contribution in [2.45, 2.75) is 130 Å². The molecule has 7 rings (SSSR count). The van der Waals surface area contributed by atoms with Gasteiger partial charge in [0.05, 0.1) is 24.5 Å². The Morgan fingerprint density at radius 3 is 2.52 bits per heavy atom. The van der Waals surface area contributed by atoms with E-state index in [1.165, 1.54) is 16.5 Å². The van der Waals surface area contributed by atoms with Crippen molar-refractivity contribution in [3.63, 3.8) is 0 Å². The van der Waals surface area contributed by atoms with E-state index < -0.39 is 16.9 Å². The Morgan fingerprint density at radius 2 is 1.79 bits per heavy atom. The van der Waals surface area contributed by atoms with Crippen molar-refractivity contribution in [2.75, 3.05) is 13.2 Å². The quantitative estimate of drug-likeness (QED) is 0.138. The van der Waals surface area contributed by atoms with Crippen LogP contribution in [-0.4, -0.2) is 47.0 Å². The highest BCUT2D eigenvalue weighted by molar-refractivity contribution is 5.84. The van der Waals surface area contributed by atoms with Crippen LogP contribution in [0, 0.1) is 51.2 Å². The molecular formula is C45H64N2O5. The Kier molecular flexibility index (Phi) is 9.89. The van der Waals surface area contributed by atoms with Crippen LogP contribution in [0.15, 0.2) is 54.8 Å². The van der Waals surface area contributed by atoms with Gasteiger partial charge in [-0.3, -0.25) is 9.59 Å². The number of benzene rings is 1. The molecule has 5 fully saturated rings. The van der Waals surface area contributed by atoms with E-state index in [9.17, 15) is 14.7 Å². The fourth-order valence-corrected chi connectivity index (χ4v) is 13.5. The van der Waals surface area contributed by atoms with E-state index in [4.69, 9.17) is 15.2 Å². The van der Waals surface area contributed by atoms with E-state index in [0.717, 1.165) is 88.3 Å². The summed E-state index contributed by atoms with van der Waals surface area (Å²) in [6, 6.07) is 8.55. The molecule has 0 radical (unpaired) electrons. The third-order valence-corrected chi connectivity index (χ3v) is 16.1. The normalized spacial score (nSPS) is 39.5. The van der Waals surface area contributed by atoms with E-state index in [2.05, 4.69) is 82.8 Å². The number of aliphatic hydroxyl groups excluding tert-OH is 1. The molecule has 0 spiro atoms. The number of carbonyl (C=O) groups excluding carboxylic acids is 2. The maximum Gasteiger partial charge on any atom is 0.312 e. The summed E-state index contributed by atoms with van der Waals surface area (Å²) in [5, 5.41) is 13.1. The molecule has 0 bridgehead atoms. The fourth-order valence-electron chi connectivity index (χ4n) is 13.5. The van der Waals surface area contributed by atoms with Gasteiger partial charge in [-0.15, -0.1) is 0 Å². The molecule has 1 saturated heterocycles. The van der Waals surface area contributed by atoms with Crippen LogP contribution < -0.4 is 5.73 Å². The van der Waals surface area contributed by atoms with Crippen LogP contribution >= 0.6 is 0 Å². The maximum absolute atomic E-state index is 14.5. The molecule has 4 saturated carbocycles. The van der Waals surface area contributed by atoms with Gasteiger partial charge in [0.1, 0.15) is 6.10 Å². The molecule has 0 unspecified atom stereocenters. The second-order valence-corrected chi connectivity index (χ2v) is 18.5. The summed E-state index contributed by atoms with van der Waals surface area (Å²) >= 11 is 0. The van der Waals surface area contributed by atoms with Gasteiger partial charge in [-0.2, -0.15) is 0 Å². The number of fused-ring (bicyclic) bond motifs is 5. The van der Waals surface area contributed by atoms with E-state index in [-0.39, 0.29) is 64.9 Å². The minimum absolute atomic E-state index is 0.0130. The van der Waals surface area contributed by atoms with Gasteiger partial charge in [-0.05, 0) is 137 Å². The van der Waals surface area contributed by atoms with Crippen LogP contribution in [0.4, 0.5) is 0 Å². The van der Waals surface area contributed by atoms with Crippen molar-refractivity contribution in [3.05, 3.63) is 60.3 Å². The highest BCUT2D eigenvalue weighted by Crippen LogP contribution is 2.77. The zero-order chi connectivity index (χ0) is 37.2. The molecule has 7 nitrogen and oxygen atoms in total. The SMILES string of the molecule is C=C(C)[C@@H]1CC[C@]2(C(=O)OCCCCCn3cc(CCN)c4ccccc43)CC[C@]3(C)[C@H](C[C@H]4OC(=O)C[C@@H](O)[C@]5(C)[C@@H]4[C@@]3(C)CC[C@H]5C(=C)C)[C@@H]12. The zero-order valence-corrected chi connectivity index (χ0v) is 32.6. The van der Waals surface area contributed by atoms with Gasteiger partial charge in [0.15, 0.2) is 0 Å². The summed E-state index contributed by atoms with van der Waals surface area (Å²) in [4.78, 5) is 27.8. The molecule has 5 aliphatic rings. The summed E-state index contributed by atoms with van der Waals surface area (Å²) < 4.78 is 15.0. The van der Waals surface area contributed by atoms with Crippen LogP contribution in [0.2, 0.25) is 0 Å². The Morgan fingerprint density at radius 1 is 1.02 bits per heavy atom. The topological polar surface area (TPSA) is 104 Å². The fraction of sp³-hybridized carbons (Fsp3) is 0.689. The number of aryl methyl sites for hydroxylation is 1. The lowest BCUT2D eigenvalue weighted by Crippen LogP contribution is -2.69. The molecule has 7 heteroatoms. The van der Waals surface area contributed by atoms with Crippen LogP contribution in [0.5, 0.6) is 0 Å². The first kappa shape index (κ1) is 37.4. The van der Waals surface area contributed by atoms with Crippen LogP contribution in [0.3, 0.4) is 0 Å². The van der Waals surface area contributed by atoms with Crippen LogP contribution in [-0.2, 0) is 32.0 Å². The van der Waals surface area contributed by atoms with Gasteiger partial charge in [0.25, 0.3) is 0 Å². The summed E-state index contributed by atoms with van der Waals surface area (Å²) in [5.74, 6) is 0.310. The van der Waals surface area contributed by atoms with Crippen LogP contribution in [0.25, 0.3) is 10.9 Å². The number of esters is 2. The Labute approximate surface area is 311 Å². The van der Waals surface area contributed by atoms with Gasteiger partial charge in [-0.25, -0.2) is 0 Å². The number of aliphatic hydroxyl groups is 1. The minimum Gasteiger partial charge on any atom is -0.465 e. The molecule has 3 N–H and O–H groups in total. The standard InChI is InChI=1S/C45H64N2O5/c1-28(2)31-15-19-45(41(50)51-24-12-8-11-23-47-27-30(17-22-46)32-13-9-10-14-35(32)47)21-20-42(5)34(39(31)45)25-36-40-43(42,6)18-16-33(29(3)4)44(40,7)37(48)26-38(49)52-36/h9-10,13-14,27,31,33-34,36-37,39-40,48H,1,3,8,11-12,15-26,46H2,2,4-7H3/t31-,33-,34+,36+,37+,39+,40-,42+,43+,44+,45-/m0/s1. The minimum atomic E-state index is -0.778. The van der Waals surface area contributed by atoms with Gasteiger partial charge in [-0.1, -0.05) is 63.3 Å². The van der Waals surface area contributed by atoms with Gasteiger partial charge < -0.3 is 24.9 Å². The average Bonchev–Trinajstić information content (AvgIpc) is 3.64. The highest BCUT2D eigenvalue weighted by atomic mass is 16.5. The molecule has 2 aromatic rings. The molecule has 1 aromatic carbocycles. The van der Waals surface area contributed by atoms with Crippen molar-refractivity contribution in [1.29, 1.82) is 0 Å². The van der Waals surface area contributed by atoms with E-state index >= 15 is 0 Å². The third-order valence-electron chi connectivity index (χ3n) is 16.1. The second-order valence-electron chi connectivity index (χ2n) is 18.5. The Bertz CT molecular complexity index is 1730. The number of nitrogens with two attached hydrogens (primary N) is 1. The van der Waals surface area contributed by atoms with Crippen LogP contribution in [0.1, 0.15) is 111 Å². The average molecular weight is 713 g/mol. The molecule has 1 aliphatic heterocycles. The van der Waals surface area contributed by atoms with Crippen molar-refractivity contribution < 1.29 is 24.2 Å². The second kappa shape index (κ2) is 13.7. The molecule has 4 aliphatic carbocycles. The van der Waals surface area contributed by atoms with Crippen molar-refractivity contribution in [1.82, 2.24) is 4.57 Å². The van der Waals surface area contributed by atoms with Crippen molar-refractivity contribution in [3.8, 4) is 0 Å². The number of unbranched alkanes of at least 4 members (excludes halogenated alkanes) is 2. The summed E-state index contributed by atoms with van der Waals surface area (Å²) in [6.45, 7) is 22.2. The number of para-hydroxylation sites is 1. The first-order valence-corrected chi connectivity index (χ1v) is 20.4. The largest absolute Gasteiger partial charge is 0.465 e. The summed E-state index contributed by atoms with van der Waals surface area (Å²) in [5.41, 5.74) is 9.35. The molecule has 0 amide bonds. The monoisotopic (exact) mass is 712 g/mol. The smallest absolute Gasteiger partial charge is 0.312 e. The number of carbonyl (C=O) groups is 2. The number of hydrogen-bond donors (Lipinski definition) is 2. The zero-order valence-electron chi connectivity index (χ0n) is 32.6. The third kappa shape index (κ3) is 5.57. The number of ether oxygens (including phenoxy) is 2. The first-order chi connectivity index (χ1) is 24.7. The molecular weight excluding hydrogens is 649 g/mol. The highest BCUT2D eigenvalue weighted by Gasteiger charge is 2.74. The Balaban J connectivity index is 1.09. The first-order valence-electron chi connectivity index (χ1n) is 20.4. The molecule has 284 valence electrons. The van der Waals surface area contributed by atoms with Gasteiger partial charge >= 0.3 is 11.9 Å². The van der Waals surface area contributed by atoms with Crippen molar-refractivity contribution >= 4 is 22.8 Å². The number of nitrogens with zero attached hydrogens (tertiary/aromatic N) is 1. The number of hydrogen-bond acceptors (Lipinski definition) is 6. The van der Waals surface area contributed by atoms with Gasteiger partial charge in [0.2, 0.25) is 0 Å². The number of aromatic nitrogens is 1.